The summed E-state index contributed by atoms with van der Waals surface area (Å²) >= 11 is 0. The molecule has 0 atom stereocenters. The molecule has 0 aromatic heterocycles. The largest absolute Gasteiger partial charge is 0.462 e. The van der Waals surface area contributed by atoms with E-state index in [2.05, 4.69) is 5.32 Å². The van der Waals surface area contributed by atoms with Gasteiger partial charge >= 0.3 is 5.97 Å². The Hall–Kier alpha value is -2.62. The molecule has 2 aromatic carbocycles. The minimum Gasteiger partial charge on any atom is -0.462 e. The van der Waals surface area contributed by atoms with Crippen LogP contribution in [0, 0.1) is 0 Å². The molecule has 1 amide bonds. The molecule has 0 bridgehead atoms. The number of esters is 1. The van der Waals surface area contributed by atoms with Gasteiger partial charge in [-0.3, -0.25) is 4.79 Å². The van der Waals surface area contributed by atoms with Gasteiger partial charge < -0.3 is 10.1 Å². The molecule has 0 spiro atoms. The molecular formula is C21H23NO3. The molecule has 2 aromatic rings. The average molecular weight is 337 g/mol. The highest BCUT2D eigenvalue weighted by Crippen LogP contribution is 2.42. The lowest BCUT2D eigenvalue weighted by molar-refractivity contribution is -0.121. The Morgan fingerprint density at radius 1 is 1.04 bits per heavy atom. The van der Waals surface area contributed by atoms with E-state index in [1.165, 1.54) is 0 Å². The van der Waals surface area contributed by atoms with Crippen molar-refractivity contribution >= 4 is 17.6 Å². The molecule has 0 aliphatic heterocycles. The number of carbonyl (C=O) groups is 2. The van der Waals surface area contributed by atoms with Crippen LogP contribution in [0.25, 0.3) is 0 Å². The zero-order valence-electron chi connectivity index (χ0n) is 14.5. The van der Waals surface area contributed by atoms with Crippen LogP contribution in [0.15, 0.2) is 54.6 Å². The van der Waals surface area contributed by atoms with E-state index in [0.717, 1.165) is 31.2 Å². The van der Waals surface area contributed by atoms with Gasteiger partial charge in [-0.25, -0.2) is 4.79 Å². The van der Waals surface area contributed by atoms with E-state index >= 15 is 0 Å². The van der Waals surface area contributed by atoms with E-state index in [0.29, 0.717) is 17.9 Å². The third-order valence-corrected chi connectivity index (χ3v) is 4.85. The maximum absolute atomic E-state index is 13.1. The van der Waals surface area contributed by atoms with Crippen molar-refractivity contribution in [1.82, 2.24) is 0 Å². The van der Waals surface area contributed by atoms with Crippen LogP contribution in [0.2, 0.25) is 0 Å². The molecule has 0 saturated heterocycles. The summed E-state index contributed by atoms with van der Waals surface area (Å²) in [5.41, 5.74) is 1.64. The van der Waals surface area contributed by atoms with E-state index in [1.807, 2.05) is 30.3 Å². The summed E-state index contributed by atoms with van der Waals surface area (Å²) in [5.74, 6) is -0.380. The van der Waals surface area contributed by atoms with Gasteiger partial charge in [0.25, 0.3) is 0 Å². The molecule has 4 nitrogen and oxygen atoms in total. The van der Waals surface area contributed by atoms with Crippen molar-refractivity contribution in [3.63, 3.8) is 0 Å². The fourth-order valence-corrected chi connectivity index (χ4v) is 3.57. The number of rotatable bonds is 5. The Morgan fingerprint density at radius 2 is 1.76 bits per heavy atom. The molecular weight excluding hydrogens is 314 g/mol. The van der Waals surface area contributed by atoms with Crippen LogP contribution < -0.4 is 5.32 Å². The Balaban J connectivity index is 1.83. The SMILES string of the molecule is CCOC(=O)c1cccc(NC(=O)C2(c3ccccc3)CCCC2)c1. The Bertz CT molecular complexity index is 749. The van der Waals surface area contributed by atoms with E-state index in [1.54, 1.807) is 31.2 Å². The zero-order chi connectivity index (χ0) is 17.7. The van der Waals surface area contributed by atoms with Gasteiger partial charge in [0.2, 0.25) is 5.91 Å². The molecule has 4 heteroatoms. The first-order valence-corrected chi connectivity index (χ1v) is 8.80. The Kier molecular flexibility index (Phi) is 5.17. The number of nitrogens with one attached hydrogen (secondary N) is 1. The number of amides is 1. The van der Waals surface area contributed by atoms with Crippen LogP contribution in [0.1, 0.15) is 48.5 Å². The molecule has 1 N–H and O–H groups in total. The van der Waals surface area contributed by atoms with Crippen LogP contribution >= 0.6 is 0 Å². The second kappa shape index (κ2) is 7.51. The Labute approximate surface area is 148 Å². The van der Waals surface area contributed by atoms with Gasteiger partial charge in [-0.05, 0) is 43.5 Å². The van der Waals surface area contributed by atoms with Crippen LogP contribution in [0.4, 0.5) is 5.69 Å². The van der Waals surface area contributed by atoms with Crippen LogP contribution in [0.3, 0.4) is 0 Å². The summed E-state index contributed by atoms with van der Waals surface area (Å²) in [6.45, 7) is 2.10. The van der Waals surface area contributed by atoms with Crippen LogP contribution in [0.5, 0.6) is 0 Å². The van der Waals surface area contributed by atoms with Crippen LogP contribution in [-0.4, -0.2) is 18.5 Å². The highest BCUT2D eigenvalue weighted by molar-refractivity contribution is 6.00. The van der Waals surface area contributed by atoms with Crippen molar-refractivity contribution < 1.29 is 14.3 Å². The van der Waals surface area contributed by atoms with Gasteiger partial charge in [-0.15, -0.1) is 0 Å². The number of hydrogen-bond acceptors (Lipinski definition) is 3. The van der Waals surface area contributed by atoms with E-state index in [9.17, 15) is 9.59 Å². The third-order valence-electron chi connectivity index (χ3n) is 4.85. The van der Waals surface area contributed by atoms with E-state index in [-0.39, 0.29) is 11.9 Å². The van der Waals surface area contributed by atoms with Gasteiger partial charge in [-0.2, -0.15) is 0 Å². The summed E-state index contributed by atoms with van der Waals surface area (Å²) in [4.78, 5) is 25.0. The fourth-order valence-electron chi connectivity index (χ4n) is 3.57. The number of ether oxygens (including phenoxy) is 1. The predicted octanol–water partition coefficient (Wildman–Crippen LogP) is 4.31. The topological polar surface area (TPSA) is 55.4 Å². The molecule has 1 saturated carbocycles. The van der Waals surface area contributed by atoms with Crippen molar-refractivity contribution in [1.29, 1.82) is 0 Å². The number of carbonyl (C=O) groups excluding carboxylic acids is 2. The molecule has 3 rings (SSSR count). The smallest absolute Gasteiger partial charge is 0.338 e. The molecule has 1 aliphatic rings. The number of anilines is 1. The van der Waals surface area contributed by atoms with Crippen LogP contribution in [-0.2, 0) is 14.9 Å². The number of benzene rings is 2. The first-order valence-electron chi connectivity index (χ1n) is 8.80. The van der Waals surface area contributed by atoms with Gasteiger partial charge in [-0.1, -0.05) is 49.2 Å². The average Bonchev–Trinajstić information content (AvgIpc) is 3.14. The highest BCUT2D eigenvalue weighted by Gasteiger charge is 2.42. The van der Waals surface area contributed by atoms with E-state index < -0.39 is 5.41 Å². The lowest BCUT2D eigenvalue weighted by Gasteiger charge is -2.28. The summed E-state index contributed by atoms with van der Waals surface area (Å²) in [5, 5.41) is 3.01. The summed E-state index contributed by atoms with van der Waals surface area (Å²) < 4.78 is 5.03. The molecule has 130 valence electrons. The van der Waals surface area contributed by atoms with Crippen molar-refractivity contribution in [2.45, 2.75) is 38.0 Å². The van der Waals surface area contributed by atoms with Crippen molar-refractivity contribution in [3.05, 3.63) is 65.7 Å². The summed E-state index contributed by atoms with van der Waals surface area (Å²) in [7, 11) is 0. The molecule has 0 radical (unpaired) electrons. The van der Waals surface area contributed by atoms with Gasteiger partial charge in [0, 0.05) is 5.69 Å². The van der Waals surface area contributed by atoms with Gasteiger partial charge in [0.15, 0.2) is 0 Å². The highest BCUT2D eigenvalue weighted by atomic mass is 16.5. The lowest BCUT2D eigenvalue weighted by atomic mass is 9.78. The van der Waals surface area contributed by atoms with E-state index in [4.69, 9.17) is 4.74 Å². The van der Waals surface area contributed by atoms with Gasteiger partial charge in [0.05, 0.1) is 17.6 Å². The molecule has 1 aliphatic carbocycles. The molecule has 1 fully saturated rings. The summed E-state index contributed by atoms with van der Waals surface area (Å²) in [6.07, 6.45) is 3.79. The van der Waals surface area contributed by atoms with Crippen molar-refractivity contribution in [2.75, 3.05) is 11.9 Å². The minimum absolute atomic E-state index is 0.00258. The summed E-state index contributed by atoms with van der Waals surface area (Å²) in [6, 6.07) is 16.9. The second-order valence-corrected chi connectivity index (χ2v) is 6.41. The van der Waals surface area contributed by atoms with Crippen molar-refractivity contribution in [2.24, 2.45) is 0 Å². The molecule has 25 heavy (non-hydrogen) atoms. The van der Waals surface area contributed by atoms with Crippen molar-refractivity contribution in [3.8, 4) is 0 Å². The maximum atomic E-state index is 13.1. The molecule has 0 unspecified atom stereocenters. The zero-order valence-corrected chi connectivity index (χ0v) is 14.5. The quantitative estimate of drug-likeness (QED) is 0.827. The third kappa shape index (κ3) is 3.58. The Morgan fingerprint density at radius 3 is 2.44 bits per heavy atom. The first kappa shape index (κ1) is 17.2. The fraction of sp³-hybridized carbons (Fsp3) is 0.333. The normalized spacial score (nSPS) is 15.6. The minimum atomic E-state index is -0.485. The first-order chi connectivity index (χ1) is 12.2. The second-order valence-electron chi connectivity index (χ2n) is 6.41. The lowest BCUT2D eigenvalue weighted by Crippen LogP contribution is -2.38. The van der Waals surface area contributed by atoms with Gasteiger partial charge in [0.1, 0.15) is 0 Å². The standard InChI is InChI=1S/C21H23NO3/c1-2-25-19(23)16-9-8-12-18(15-16)22-20(24)21(13-6-7-14-21)17-10-4-3-5-11-17/h3-5,8-12,15H,2,6-7,13-14H2,1H3,(H,22,24). The predicted molar refractivity (Wildman–Crippen MR) is 97.6 cm³/mol. The monoisotopic (exact) mass is 337 g/mol. The maximum Gasteiger partial charge on any atom is 0.338 e. The number of hydrogen-bond donors (Lipinski definition) is 1. The molecule has 0 heterocycles.